The maximum Gasteiger partial charge on any atom is 0.260 e. The van der Waals surface area contributed by atoms with Crippen molar-refractivity contribution < 1.29 is 4.79 Å². The van der Waals surface area contributed by atoms with Gasteiger partial charge in [-0.1, -0.05) is 86.6 Å². The van der Waals surface area contributed by atoms with E-state index >= 15 is 0 Å². The fraction of sp³-hybridized carbons (Fsp3) is 0.231. The van der Waals surface area contributed by atoms with Gasteiger partial charge in [-0.3, -0.25) is 9.59 Å². The summed E-state index contributed by atoms with van der Waals surface area (Å²) in [5.41, 5.74) is 7.55. The van der Waals surface area contributed by atoms with Crippen molar-refractivity contribution in [1.82, 2.24) is 15.4 Å². The lowest BCUT2D eigenvalue weighted by Gasteiger charge is -2.18. The van der Waals surface area contributed by atoms with Crippen LogP contribution in [0.15, 0.2) is 69.0 Å². The Labute approximate surface area is 206 Å². The van der Waals surface area contributed by atoms with Crippen LogP contribution in [0.4, 0.5) is 0 Å². The van der Waals surface area contributed by atoms with Gasteiger partial charge in [-0.2, -0.15) is 5.10 Å². The molecular weight excluding hydrogens is 464 g/mol. The maximum absolute atomic E-state index is 12.8. The molecule has 1 amide bonds. The van der Waals surface area contributed by atoms with Crippen LogP contribution in [0.3, 0.4) is 0 Å². The number of aromatic amines is 1. The normalized spacial score (nSPS) is 11.9. The number of benzene rings is 2. The lowest BCUT2D eigenvalue weighted by atomic mass is 9.87. The lowest BCUT2D eigenvalue weighted by Crippen LogP contribution is -2.20. The van der Waals surface area contributed by atoms with Crippen LogP contribution in [-0.2, 0) is 10.2 Å². The van der Waals surface area contributed by atoms with E-state index in [1.807, 2.05) is 48.7 Å². The number of carbonyl (C=O) groups excluding carboxylic acids is 1. The van der Waals surface area contributed by atoms with Crippen LogP contribution in [0.1, 0.15) is 37.5 Å². The highest BCUT2D eigenvalue weighted by Gasteiger charge is 2.14. The predicted octanol–water partition coefficient (Wildman–Crippen LogP) is 5.50. The Morgan fingerprint density at radius 2 is 1.85 bits per heavy atom. The second kappa shape index (κ2) is 9.95. The van der Waals surface area contributed by atoms with E-state index in [4.69, 9.17) is 0 Å². The van der Waals surface area contributed by atoms with Crippen molar-refractivity contribution in [3.63, 3.8) is 0 Å². The van der Waals surface area contributed by atoms with Crippen molar-refractivity contribution in [2.75, 3.05) is 5.75 Å². The highest BCUT2D eigenvalue weighted by molar-refractivity contribution is 7.99. The minimum absolute atomic E-state index is 0.0878. The Bertz CT molecular complexity index is 1400. The van der Waals surface area contributed by atoms with Crippen molar-refractivity contribution in [1.29, 1.82) is 0 Å². The maximum atomic E-state index is 12.8. The summed E-state index contributed by atoms with van der Waals surface area (Å²) in [5.74, 6) is -0.188. The molecule has 2 aromatic heterocycles. The standard InChI is InChI=1S/C26H26N4O2S2/c1-16-5-9-18(10-6-16)20-14-33-24-22(20)23(32)28-25(29-24)34-15-21(31)30-27-13-17-7-11-19(12-8-17)26(2,3)4/h5-14H,15H2,1-4H3,(H,30,31)(H,28,29,32)/b27-13+. The highest BCUT2D eigenvalue weighted by Crippen LogP contribution is 2.31. The number of thioether (sulfide) groups is 1. The summed E-state index contributed by atoms with van der Waals surface area (Å²) >= 11 is 2.59. The third-order valence-corrected chi connectivity index (χ3v) is 7.05. The third-order valence-electron chi connectivity index (χ3n) is 5.30. The van der Waals surface area contributed by atoms with Crippen molar-refractivity contribution in [2.24, 2.45) is 5.10 Å². The van der Waals surface area contributed by atoms with Crippen LogP contribution >= 0.6 is 23.1 Å². The molecule has 34 heavy (non-hydrogen) atoms. The van der Waals surface area contributed by atoms with Gasteiger partial charge in [-0.05, 0) is 29.0 Å². The van der Waals surface area contributed by atoms with Gasteiger partial charge >= 0.3 is 0 Å². The number of rotatable bonds is 6. The molecule has 0 atom stereocenters. The summed E-state index contributed by atoms with van der Waals surface area (Å²) in [5, 5.41) is 6.96. The largest absolute Gasteiger partial charge is 0.301 e. The van der Waals surface area contributed by atoms with Crippen LogP contribution < -0.4 is 11.0 Å². The smallest absolute Gasteiger partial charge is 0.260 e. The van der Waals surface area contributed by atoms with E-state index in [9.17, 15) is 9.59 Å². The first-order valence-electron chi connectivity index (χ1n) is 10.8. The Balaban J connectivity index is 1.37. The van der Waals surface area contributed by atoms with E-state index in [1.165, 1.54) is 28.7 Å². The van der Waals surface area contributed by atoms with Crippen LogP contribution in [-0.4, -0.2) is 27.8 Å². The number of thiophene rings is 1. The number of aryl methyl sites for hydroxylation is 1. The number of fused-ring (bicyclic) bond motifs is 1. The van der Waals surface area contributed by atoms with Crippen LogP contribution in [0.25, 0.3) is 21.3 Å². The van der Waals surface area contributed by atoms with Crippen molar-refractivity contribution in [3.05, 3.63) is 81.0 Å². The number of hydrazone groups is 1. The van der Waals surface area contributed by atoms with Gasteiger partial charge in [0.05, 0.1) is 17.4 Å². The zero-order chi connectivity index (χ0) is 24.3. The molecule has 0 saturated carbocycles. The van der Waals surface area contributed by atoms with Crippen molar-refractivity contribution in [2.45, 2.75) is 38.3 Å². The molecule has 0 fully saturated rings. The highest BCUT2D eigenvalue weighted by atomic mass is 32.2. The number of hydrogen-bond acceptors (Lipinski definition) is 6. The fourth-order valence-electron chi connectivity index (χ4n) is 3.36. The molecule has 4 aromatic rings. The molecule has 2 N–H and O–H groups in total. The molecular formula is C26H26N4O2S2. The molecule has 6 nitrogen and oxygen atoms in total. The average molecular weight is 491 g/mol. The van der Waals surface area contributed by atoms with Gasteiger partial charge in [-0.25, -0.2) is 10.4 Å². The Morgan fingerprint density at radius 3 is 2.53 bits per heavy atom. The number of H-pyrrole nitrogens is 1. The fourth-order valence-corrected chi connectivity index (χ4v) is 5.02. The van der Waals surface area contributed by atoms with E-state index in [1.54, 1.807) is 6.21 Å². The molecule has 0 aliphatic rings. The second-order valence-electron chi connectivity index (χ2n) is 9.02. The minimum Gasteiger partial charge on any atom is -0.301 e. The van der Waals surface area contributed by atoms with Crippen LogP contribution in [0.5, 0.6) is 0 Å². The van der Waals surface area contributed by atoms with Crippen LogP contribution in [0, 0.1) is 6.92 Å². The van der Waals surface area contributed by atoms with Gasteiger partial charge in [0.15, 0.2) is 5.16 Å². The van der Waals surface area contributed by atoms with Gasteiger partial charge < -0.3 is 4.98 Å². The van der Waals surface area contributed by atoms with Crippen LogP contribution in [0.2, 0.25) is 0 Å². The number of hydrogen-bond donors (Lipinski definition) is 2. The number of aromatic nitrogens is 2. The van der Waals surface area contributed by atoms with E-state index in [-0.39, 0.29) is 22.6 Å². The zero-order valence-corrected chi connectivity index (χ0v) is 21.1. The first-order valence-corrected chi connectivity index (χ1v) is 12.7. The molecule has 0 aliphatic carbocycles. The molecule has 8 heteroatoms. The third kappa shape index (κ3) is 5.63. The summed E-state index contributed by atoms with van der Waals surface area (Å²) in [7, 11) is 0. The van der Waals surface area contributed by atoms with E-state index < -0.39 is 0 Å². The number of carbonyl (C=O) groups is 1. The molecule has 2 aromatic carbocycles. The molecule has 0 unspecified atom stereocenters. The molecule has 174 valence electrons. The molecule has 0 radical (unpaired) electrons. The van der Waals surface area contributed by atoms with Crippen molar-refractivity contribution in [3.8, 4) is 11.1 Å². The van der Waals surface area contributed by atoms with E-state index in [0.717, 1.165) is 22.3 Å². The van der Waals surface area contributed by atoms with Gasteiger partial charge in [0.25, 0.3) is 11.5 Å². The zero-order valence-electron chi connectivity index (χ0n) is 19.5. The summed E-state index contributed by atoms with van der Waals surface area (Å²) in [6.07, 6.45) is 1.61. The summed E-state index contributed by atoms with van der Waals surface area (Å²) in [6, 6.07) is 16.1. The average Bonchev–Trinajstić information content (AvgIpc) is 3.23. The van der Waals surface area contributed by atoms with E-state index in [2.05, 4.69) is 53.4 Å². The second-order valence-corrected chi connectivity index (χ2v) is 10.8. The molecule has 0 spiro atoms. The minimum atomic E-state index is -0.276. The SMILES string of the molecule is Cc1ccc(-c2csc3nc(SCC(=O)N/N=C/c4ccc(C(C)(C)C)cc4)[nH]c(=O)c23)cc1. The molecule has 2 heterocycles. The molecule has 4 rings (SSSR count). The number of nitrogens with zero attached hydrogens (tertiary/aromatic N) is 2. The first kappa shape index (κ1) is 23.9. The van der Waals surface area contributed by atoms with Gasteiger partial charge in [-0.15, -0.1) is 11.3 Å². The predicted molar refractivity (Wildman–Crippen MR) is 142 cm³/mol. The molecule has 0 saturated heterocycles. The van der Waals surface area contributed by atoms with Gasteiger partial charge in [0.1, 0.15) is 4.83 Å². The quantitative estimate of drug-likeness (QED) is 0.162. The number of amides is 1. The van der Waals surface area contributed by atoms with Gasteiger partial charge in [0.2, 0.25) is 0 Å². The molecule has 0 bridgehead atoms. The van der Waals surface area contributed by atoms with E-state index in [0.29, 0.717) is 15.4 Å². The molecule has 0 aliphatic heterocycles. The van der Waals surface area contributed by atoms with Crippen molar-refractivity contribution >= 4 is 45.4 Å². The summed E-state index contributed by atoms with van der Waals surface area (Å²) in [6.45, 7) is 8.51. The topological polar surface area (TPSA) is 87.2 Å². The summed E-state index contributed by atoms with van der Waals surface area (Å²) < 4.78 is 0. The van der Waals surface area contributed by atoms with Gasteiger partial charge in [0, 0.05) is 10.9 Å². The first-order chi connectivity index (χ1) is 16.2. The number of nitrogens with one attached hydrogen (secondary N) is 2. The summed E-state index contributed by atoms with van der Waals surface area (Å²) in [4.78, 5) is 32.9. The Kier molecular flexibility index (Phi) is 7.00. The lowest BCUT2D eigenvalue weighted by molar-refractivity contribution is -0.118. The monoisotopic (exact) mass is 490 g/mol. The Hall–Kier alpha value is -3.23. The Morgan fingerprint density at radius 1 is 1.15 bits per heavy atom.